The third-order valence-electron chi connectivity index (χ3n) is 9.17. The molecule has 0 amide bonds. The van der Waals surface area contributed by atoms with Gasteiger partial charge in [-0.3, -0.25) is 4.79 Å². The van der Waals surface area contributed by atoms with Crippen LogP contribution in [0.3, 0.4) is 0 Å². The minimum absolute atomic E-state index is 0.176. The van der Waals surface area contributed by atoms with Crippen molar-refractivity contribution < 1.29 is 38.4 Å². The molecule has 1 heterocycles. The average molecular weight is 537 g/mol. The summed E-state index contributed by atoms with van der Waals surface area (Å²) in [5.74, 6) is -2.57. The molecular formula is C31H36O8. The number of benzene rings is 2. The lowest BCUT2D eigenvalue weighted by molar-refractivity contribution is -0.294. The molecule has 5 rings (SSSR count). The Morgan fingerprint density at radius 1 is 0.846 bits per heavy atom. The quantitative estimate of drug-likeness (QED) is 0.444. The standard InChI is InChI=1S/C31H36O8/c1-18-16-17-22(37-27(34)20-12-8-6-9-13-20)30(5)26(38-28(35)21-14-10-7-11-15-21)24(36-19(2)32)23-25(33)31(18,30)39-29(23,3)4/h6-15,18,22-26,33H,16-17H2,1-5H3/t18-,22+,23-,24-,25-,26-,30+,31-/m1/s1. The SMILES string of the molecule is CC(=O)O[C@@H]1[C@@H]2[C@@H](O)[C@]3(OC2(C)C)[C@H](C)CC[C@H](OC(=O)c2ccccc2)[C@@]3(C)[C@@H]1OC(=O)c1ccccc1. The van der Waals surface area contributed by atoms with Crippen LogP contribution in [0.1, 0.15) is 68.2 Å². The van der Waals surface area contributed by atoms with Crippen LogP contribution >= 0.6 is 0 Å². The van der Waals surface area contributed by atoms with Gasteiger partial charge in [-0.05, 0) is 63.8 Å². The third-order valence-corrected chi connectivity index (χ3v) is 9.17. The van der Waals surface area contributed by atoms with E-state index >= 15 is 0 Å². The summed E-state index contributed by atoms with van der Waals surface area (Å²) in [4.78, 5) is 39.2. The Morgan fingerprint density at radius 2 is 1.38 bits per heavy atom. The first-order chi connectivity index (χ1) is 18.4. The molecule has 2 aromatic rings. The van der Waals surface area contributed by atoms with Gasteiger partial charge in [0.1, 0.15) is 17.8 Å². The van der Waals surface area contributed by atoms with E-state index < -0.39 is 64.9 Å². The molecule has 1 aliphatic heterocycles. The lowest BCUT2D eigenvalue weighted by Gasteiger charge is -2.62. The van der Waals surface area contributed by atoms with E-state index in [0.717, 1.165) is 0 Å². The fourth-order valence-corrected chi connectivity index (χ4v) is 7.47. The second-order valence-corrected chi connectivity index (χ2v) is 11.8. The Kier molecular flexibility index (Phi) is 6.84. The molecule has 208 valence electrons. The lowest BCUT2D eigenvalue weighted by atomic mass is 9.48. The van der Waals surface area contributed by atoms with E-state index in [4.69, 9.17) is 18.9 Å². The second-order valence-electron chi connectivity index (χ2n) is 11.8. The summed E-state index contributed by atoms with van der Waals surface area (Å²) in [6.07, 6.45) is -2.92. The van der Waals surface area contributed by atoms with E-state index in [1.54, 1.807) is 54.6 Å². The Morgan fingerprint density at radius 3 is 1.92 bits per heavy atom. The van der Waals surface area contributed by atoms with E-state index in [0.29, 0.717) is 24.0 Å². The molecule has 1 spiro atoms. The molecule has 39 heavy (non-hydrogen) atoms. The monoisotopic (exact) mass is 536 g/mol. The van der Waals surface area contributed by atoms with Crippen molar-refractivity contribution in [2.24, 2.45) is 17.3 Å². The van der Waals surface area contributed by atoms with Crippen molar-refractivity contribution in [1.82, 2.24) is 0 Å². The fourth-order valence-electron chi connectivity index (χ4n) is 7.47. The number of rotatable bonds is 5. The van der Waals surface area contributed by atoms with Crippen molar-refractivity contribution in [3.63, 3.8) is 0 Å². The van der Waals surface area contributed by atoms with Gasteiger partial charge < -0.3 is 24.1 Å². The van der Waals surface area contributed by atoms with Gasteiger partial charge in [0.25, 0.3) is 0 Å². The zero-order valence-electron chi connectivity index (χ0n) is 23.0. The Labute approximate surface area is 228 Å². The molecule has 3 fully saturated rings. The normalized spacial score (nSPS) is 36.4. The first kappa shape index (κ1) is 27.3. The number of hydrogen-bond acceptors (Lipinski definition) is 8. The highest BCUT2D eigenvalue weighted by molar-refractivity contribution is 5.90. The first-order valence-electron chi connectivity index (χ1n) is 13.5. The summed E-state index contributed by atoms with van der Waals surface area (Å²) in [6, 6.07) is 17.2. The summed E-state index contributed by atoms with van der Waals surface area (Å²) in [5.41, 5.74) is -2.72. The van der Waals surface area contributed by atoms with Crippen molar-refractivity contribution in [1.29, 1.82) is 0 Å². The van der Waals surface area contributed by atoms with Crippen LogP contribution in [0.5, 0.6) is 0 Å². The van der Waals surface area contributed by atoms with Crippen molar-refractivity contribution in [3.8, 4) is 0 Å². The van der Waals surface area contributed by atoms with Crippen LogP contribution in [-0.4, -0.2) is 58.6 Å². The molecule has 8 heteroatoms. The van der Waals surface area contributed by atoms with Gasteiger partial charge in [-0.25, -0.2) is 9.59 Å². The molecular weight excluding hydrogens is 500 g/mol. The fraction of sp³-hybridized carbons (Fsp3) is 0.516. The van der Waals surface area contributed by atoms with Gasteiger partial charge in [-0.2, -0.15) is 0 Å². The van der Waals surface area contributed by atoms with Crippen molar-refractivity contribution >= 4 is 17.9 Å². The molecule has 0 unspecified atom stereocenters. The van der Waals surface area contributed by atoms with Crippen molar-refractivity contribution in [2.75, 3.05) is 0 Å². The van der Waals surface area contributed by atoms with Crippen LogP contribution in [0.2, 0.25) is 0 Å². The summed E-state index contributed by atoms with van der Waals surface area (Å²) < 4.78 is 25.1. The second kappa shape index (κ2) is 9.75. The molecule has 8 atom stereocenters. The molecule has 2 saturated carbocycles. The highest BCUT2D eigenvalue weighted by atomic mass is 16.6. The van der Waals surface area contributed by atoms with Crippen LogP contribution in [0.15, 0.2) is 60.7 Å². The van der Waals surface area contributed by atoms with E-state index in [1.807, 2.05) is 33.8 Å². The molecule has 0 radical (unpaired) electrons. The summed E-state index contributed by atoms with van der Waals surface area (Å²) >= 11 is 0. The third kappa shape index (κ3) is 4.16. The van der Waals surface area contributed by atoms with Gasteiger partial charge in [0, 0.05) is 6.92 Å². The number of carbonyl (C=O) groups is 3. The lowest BCUT2D eigenvalue weighted by Crippen LogP contribution is -2.76. The van der Waals surface area contributed by atoms with E-state index in [-0.39, 0.29) is 5.92 Å². The molecule has 3 aliphatic rings. The summed E-state index contributed by atoms with van der Waals surface area (Å²) in [7, 11) is 0. The number of ether oxygens (including phenoxy) is 4. The number of aliphatic hydroxyl groups is 1. The zero-order chi connectivity index (χ0) is 28.2. The molecule has 0 aromatic heterocycles. The van der Waals surface area contributed by atoms with Crippen molar-refractivity contribution in [3.05, 3.63) is 71.8 Å². The number of aliphatic hydroxyl groups excluding tert-OH is 1. The Bertz CT molecular complexity index is 1240. The van der Waals surface area contributed by atoms with Gasteiger partial charge in [0.2, 0.25) is 0 Å². The number of hydrogen-bond donors (Lipinski definition) is 1. The van der Waals surface area contributed by atoms with Gasteiger partial charge in [-0.15, -0.1) is 0 Å². The highest BCUT2D eigenvalue weighted by Crippen LogP contribution is 2.67. The predicted molar refractivity (Wildman–Crippen MR) is 141 cm³/mol. The Balaban J connectivity index is 1.65. The molecule has 2 bridgehead atoms. The summed E-state index contributed by atoms with van der Waals surface area (Å²) in [6.45, 7) is 8.80. The molecule has 2 aliphatic carbocycles. The Hall–Kier alpha value is -3.23. The average Bonchev–Trinajstić information content (AvgIpc) is 3.09. The topological polar surface area (TPSA) is 108 Å². The van der Waals surface area contributed by atoms with E-state index in [9.17, 15) is 19.5 Å². The first-order valence-corrected chi connectivity index (χ1v) is 13.5. The maximum Gasteiger partial charge on any atom is 0.338 e. The van der Waals surface area contributed by atoms with Gasteiger partial charge >= 0.3 is 17.9 Å². The van der Waals surface area contributed by atoms with Crippen LogP contribution < -0.4 is 0 Å². The van der Waals surface area contributed by atoms with Crippen LogP contribution in [0.4, 0.5) is 0 Å². The summed E-state index contributed by atoms with van der Waals surface area (Å²) in [5, 5.41) is 12.0. The van der Waals surface area contributed by atoms with Crippen LogP contribution in [-0.2, 0) is 23.7 Å². The van der Waals surface area contributed by atoms with Crippen molar-refractivity contribution in [2.45, 2.75) is 83.1 Å². The largest absolute Gasteiger partial charge is 0.458 e. The highest BCUT2D eigenvalue weighted by Gasteiger charge is 2.81. The van der Waals surface area contributed by atoms with Gasteiger partial charge in [0.05, 0.1) is 34.2 Å². The predicted octanol–water partition coefficient (Wildman–Crippen LogP) is 4.34. The van der Waals surface area contributed by atoms with Gasteiger partial charge in [0.15, 0.2) is 6.10 Å². The molecule has 8 nitrogen and oxygen atoms in total. The van der Waals surface area contributed by atoms with Crippen LogP contribution in [0.25, 0.3) is 0 Å². The minimum Gasteiger partial charge on any atom is -0.458 e. The molecule has 2 aromatic carbocycles. The van der Waals surface area contributed by atoms with E-state index in [2.05, 4.69) is 0 Å². The number of carbonyl (C=O) groups excluding carboxylic acids is 3. The molecule has 1 N–H and O–H groups in total. The maximum absolute atomic E-state index is 13.5. The van der Waals surface area contributed by atoms with Gasteiger partial charge in [-0.1, -0.05) is 43.3 Å². The number of fused-ring (bicyclic) bond motifs is 1. The number of esters is 3. The van der Waals surface area contributed by atoms with Crippen LogP contribution in [0, 0.1) is 17.3 Å². The molecule has 1 saturated heterocycles. The minimum atomic E-state index is -1.26. The zero-order valence-corrected chi connectivity index (χ0v) is 23.0. The smallest absolute Gasteiger partial charge is 0.338 e. The maximum atomic E-state index is 13.5. The van der Waals surface area contributed by atoms with E-state index in [1.165, 1.54) is 6.92 Å².